The molecule has 1 amide bonds. The quantitative estimate of drug-likeness (QED) is 0.659. The molecule has 0 aromatic heterocycles. The predicted octanol–water partition coefficient (Wildman–Crippen LogP) is 1.44. The number of amides is 1. The van der Waals surface area contributed by atoms with Crippen molar-refractivity contribution in [1.29, 1.82) is 0 Å². The lowest BCUT2D eigenvalue weighted by atomic mass is 10.1. The summed E-state index contributed by atoms with van der Waals surface area (Å²) in [4.78, 5) is 33.0. The van der Waals surface area contributed by atoms with Gasteiger partial charge in [0.2, 0.25) is 5.91 Å². The molecule has 0 aliphatic heterocycles. The van der Waals surface area contributed by atoms with Gasteiger partial charge < -0.3 is 15.5 Å². The number of aliphatic carboxylic acids is 2. The van der Waals surface area contributed by atoms with Crippen LogP contribution in [0.2, 0.25) is 0 Å². The van der Waals surface area contributed by atoms with Gasteiger partial charge in [0.05, 0.1) is 0 Å². The number of carbonyl (C=O) groups is 3. The molecule has 1 unspecified atom stereocenters. The zero-order valence-corrected chi connectivity index (χ0v) is 11.6. The molecule has 0 heterocycles. The van der Waals surface area contributed by atoms with Crippen molar-refractivity contribution >= 4 is 23.9 Å². The average Bonchev–Trinajstić information content (AvgIpc) is 2.42. The molecular weight excluding hydrogens is 274 g/mol. The first-order chi connectivity index (χ1) is 9.88. The lowest BCUT2D eigenvalue weighted by molar-refractivity contribution is -0.142. The van der Waals surface area contributed by atoms with Gasteiger partial charge in [-0.15, -0.1) is 0 Å². The summed E-state index contributed by atoms with van der Waals surface area (Å²) >= 11 is 0. The first kappa shape index (κ1) is 16.4. The van der Waals surface area contributed by atoms with Gasteiger partial charge in [0.25, 0.3) is 0 Å². The highest BCUT2D eigenvalue weighted by molar-refractivity contribution is 5.94. The highest BCUT2D eigenvalue weighted by Crippen LogP contribution is 2.05. The van der Waals surface area contributed by atoms with E-state index in [0.29, 0.717) is 0 Å². The average molecular weight is 291 g/mol. The second-order valence-electron chi connectivity index (χ2n) is 4.58. The first-order valence-electron chi connectivity index (χ1n) is 6.38. The van der Waals surface area contributed by atoms with Crippen LogP contribution in [-0.4, -0.2) is 34.1 Å². The third-order valence-electron chi connectivity index (χ3n) is 2.77. The summed E-state index contributed by atoms with van der Waals surface area (Å²) in [6.07, 6.45) is 2.31. The number of nitrogens with one attached hydrogen (secondary N) is 1. The number of hydrogen-bond acceptors (Lipinski definition) is 3. The standard InChI is InChI=1S/C15H17NO5/c1-10-2-4-11(5-3-10)6-8-13(17)16-12(15(20)21)7-9-14(18)19/h2-6,8,12H,7,9H2,1H3,(H,16,17)(H,18,19)(H,20,21)/b8-6+. The molecule has 0 aliphatic rings. The van der Waals surface area contributed by atoms with E-state index in [0.717, 1.165) is 11.1 Å². The second kappa shape index (κ2) is 7.84. The molecule has 112 valence electrons. The van der Waals surface area contributed by atoms with E-state index >= 15 is 0 Å². The number of benzene rings is 1. The molecule has 3 N–H and O–H groups in total. The minimum Gasteiger partial charge on any atom is -0.481 e. The Kier molecular flexibility index (Phi) is 6.13. The zero-order valence-electron chi connectivity index (χ0n) is 11.6. The minimum absolute atomic E-state index is 0.158. The van der Waals surface area contributed by atoms with Crippen LogP contribution in [-0.2, 0) is 14.4 Å². The first-order valence-corrected chi connectivity index (χ1v) is 6.38. The molecule has 0 radical (unpaired) electrons. The third kappa shape index (κ3) is 6.38. The molecule has 0 saturated carbocycles. The van der Waals surface area contributed by atoms with Gasteiger partial charge >= 0.3 is 11.9 Å². The van der Waals surface area contributed by atoms with E-state index in [2.05, 4.69) is 5.32 Å². The van der Waals surface area contributed by atoms with Gasteiger partial charge in [0.1, 0.15) is 6.04 Å². The molecule has 0 aliphatic carbocycles. The smallest absolute Gasteiger partial charge is 0.326 e. The van der Waals surface area contributed by atoms with Gasteiger partial charge in [-0.2, -0.15) is 0 Å². The van der Waals surface area contributed by atoms with Gasteiger partial charge in [-0.05, 0) is 25.0 Å². The monoisotopic (exact) mass is 291 g/mol. The molecule has 1 rings (SSSR count). The highest BCUT2D eigenvalue weighted by Gasteiger charge is 2.19. The fourth-order valence-corrected chi connectivity index (χ4v) is 1.59. The Hall–Kier alpha value is -2.63. The fraction of sp³-hybridized carbons (Fsp3) is 0.267. The van der Waals surface area contributed by atoms with Gasteiger partial charge in [-0.1, -0.05) is 29.8 Å². The molecule has 0 spiro atoms. The molecule has 1 aromatic carbocycles. The molecular formula is C15H17NO5. The van der Waals surface area contributed by atoms with Gasteiger partial charge in [0.15, 0.2) is 0 Å². The zero-order chi connectivity index (χ0) is 15.8. The minimum atomic E-state index is -1.26. The molecule has 0 saturated heterocycles. The molecule has 0 bridgehead atoms. The van der Waals surface area contributed by atoms with Gasteiger partial charge in [-0.25, -0.2) is 4.79 Å². The van der Waals surface area contributed by atoms with Crippen LogP contribution in [0.15, 0.2) is 30.3 Å². The maximum Gasteiger partial charge on any atom is 0.326 e. The van der Waals surface area contributed by atoms with Crippen molar-refractivity contribution in [2.75, 3.05) is 0 Å². The van der Waals surface area contributed by atoms with E-state index in [-0.39, 0.29) is 12.8 Å². The number of carbonyl (C=O) groups excluding carboxylic acids is 1. The lowest BCUT2D eigenvalue weighted by Crippen LogP contribution is -2.40. The van der Waals surface area contributed by atoms with Crippen LogP contribution in [0.25, 0.3) is 6.08 Å². The summed E-state index contributed by atoms with van der Waals surface area (Å²) in [5.74, 6) is -2.94. The number of rotatable bonds is 7. The number of carboxylic acid groups (broad SMARTS) is 2. The molecule has 6 nitrogen and oxygen atoms in total. The van der Waals surface area contributed by atoms with Crippen LogP contribution in [0, 0.1) is 6.92 Å². The van der Waals surface area contributed by atoms with E-state index in [1.807, 2.05) is 31.2 Å². The SMILES string of the molecule is Cc1ccc(/C=C/C(=O)NC(CCC(=O)O)C(=O)O)cc1. The normalized spacial score (nSPS) is 12.0. The Labute approximate surface area is 122 Å². The highest BCUT2D eigenvalue weighted by atomic mass is 16.4. The molecule has 1 atom stereocenters. The molecule has 1 aromatic rings. The fourth-order valence-electron chi connectivity index (χ4n) is 1.59. The van der Waals surface area contributed by atoms with Crippen molar-refractivity contribution in [2.45, 2.75) is 25.8 Å². The number of hydrogen-bond donors (Lipinski definition) is 3. The Bertz CT molecular complexity index is 548. The van der Waals surface area contributed by atoms with Crippen molar-refractivity contribution < 1.29 is 24.6 Å². The largest absolute Gasteiger partial charge is 0.481 e. The van der Waals surface area contributed by atoms with Crippen LogP contribution < -0.4 is 5.32 Å². The Balaban J connectivity index is 2.59. The molecule has 0 fully saturated rings. The van der Waals surface area contributed by atoms with Crippen molar-refractivity contribution in [1.82, 2.24) is 5.32 Å². The Morgan fingerprint density at radius 3 is 2.33 bits per heavy atom. The van der Waals surface area contributed by atoms with Crippen molar-refractivity contribution in [3.05, 3.63) is 41.5 Å². The Morgan fingerprint density at radius 1 is 1.19 bits per heavy atom. The van der Waals surface area contributed by atoms with Crippen LogP contribution in [0.4, 0.5) is 0 Å². The van der Waals surface area contributed by atoms with Crippen molar-refractivity contribution in [3.8, 4) is 0 Å². The third-order valence-corrected chi connectivity index (χ3v) is 2.77. The van der Waals surface area contributed by atoms with Crippen LogP contribution in [0.5, 0.6) is 0 Å². The van der Waals surface area contributed by atoms with Gasteiger partial charge in [-0.3, -0.25) is 9.59 Å². The second-order valence-corrected chi connectivity index (χ2v) is 4.58. The maximum atomic E-state index is 11.6. The summed E-state index contributed by atoms with van der Waals surface area (Å²) in [5, 5.41) is 19.7. The van der Waals surface area contributed by atoms with Crippen molar-refractivity contribution in [2.24, 2.45) is 0 Å². The number of aryl methyl sites for hydroxylation is 1. The summed E-state index contributed by atoms with van der Waals surface area (Å²) in [6, 6.07) is 6.24. The lowest BCUT2D eigenvalue weighted by Gasteiger charge is -2.11. The van der Waals surface area contributed by atoms with Crippen molar-refractivity contribution in [3.63, 3.8) is 0 Å². The Morgan fingerprint density at radius 2 is 1.81 bits per heavy atom. The van der Waals surface area contributed by atoms with Gasteiger partial charge in [0, 0.05) is 12.5 Å². The van der Waals surface area contributed by atoms with E-state index in [4.69, 9.17) is 10.2 Å². The molecule has 21 heavy (non-hydrogen) atoms. The summed E-state index contributed by atoms with van der Waals surface area (Å²) < 4.78 is 0. The maximum absolute atomic E-state index is 11.6. The summed E-state index contributed by atoms with van der Waals surface area (Å²) in [7, 11) is 0. The van der Waals surface area contributed by atoms with E-state index in [1.165, 1.54) is 6.08 Å². The molecule has 6 heteroatoms. The van der Waals surface area contributed by atoms with Crippen LogP contribution in [0.1, 0.15) is 24.0 Å². The predicted molar refractivity (Wildman–Crippen MR) is 76.6 cm³/mol. The topological polar surface area (TPSA) is 104 Å². The van der Waals surface area contributed by atoms with Crippen LogP contribution >= 0.6 is 0 Å². The van der Waals surface area contributed by atoms with E-state index < -0.39 is 23.9 Å². The summed E-state index contributed by atoms with van der Waals surface area (Å²) in [5.41, 5.74) is 1.91. The summed E-state index contributed by atoms with van der Waals surface area (Å²) in [6.45, 7) is 1.94. The van der Waals surface area contributed by atoms with E-state index in [1.54, 1.807) is 6.08 Å². The van der Waals surface area contributed by atoms with E-state index in [9.17, 15) is 14.4 Å². The van der Waals surface area contributed by atoms with Crippen LogP contribution in [0.3, 0.4) is 0 Å². The number of carboxylic acids is 2.